The second-order valence-corrected chi connectivity index (χ2v) is 7.02. The molecule has 0 saturated carbocycles. The minimum atomic E-state index is -0.584. The van der Waals surface area contributed by atoms with Gasteiger partial charge in [0.05, 0.1) is 21.4 Å². The first-order chi connectivity index (χ1) is 10.0. The first-order valence-electron chi connectivity index (χ1n) is 6.35. The van der Waals surface area contributed by atoms with Crippen molar-refractivity contribution in [2.75, 3.05) is 0 Å². The van der Waals surface area contributed by atoms with Crippen molar-refractivity contribution in [3.05, 3.63) is 55.8 Å². The van der Waals surface area contributed by atoms with Crippen molar-refractivity contribution in [1.82, 2.24) is 9.97 Å². The van der Waals surface area contributed by atoms with E-state index in [-0.39, 0.29) is 0 Å². The SMILES string of the molecule is Cc1nc(Cc2nc(-c3ccc(F)cc3F)c(C)s2)cs1. The van der Waals surface area contributed by atoms with E-state index in [4.69, 9.17) is 0 Å². The zero-order valence-corrected chi connectivity index (χ0v) is 13.1. The lowest BCUT2D eigenvalue weighted by Crippen LogP contribution is -1.90. The van der Waals surface area contributed by atoms with Crippen LogP contribution < -0.4 is 0 Å². The summed E-state index contributed by atoms with van der Waals surface area (Å²) in [7, 11) is 0. The van der Waals surface area contributed by atoms with Crippen LogP contribution in [-0.4, -0.2) is 9.97 Å². The topological polar surface area (TPSA) is 25.8 Å². The molecule has 2 aromatic heterocycles. The van der Waals surface area contributed by atoms with Gasteiger partial charge in [-0.2, -0.15) is 0 Å². The molecule has 108 valence electrons. The standard InChI is InChI=1S/C15H12F2N2S2/c1-8-15(12-4-3-10(16)5-13(12)17)19-14(21-8)6-11-7-20-9(2)18-11/h3-5,7H,6H2,1-2H3. The minimum Gasteiger partial charge on any atom is -0.246 e. The van der Waals surface area contributed by atoms with Crippen LogP contribution in [0.3, 0.4) is 0 Å². The second-order valence-electron chi connectivity index (χ2n) is 4.67. The first-order valence-corrected chi connectivity index (χ1v) is 8.05. The maximum atomic E-state index is 13.9. The molecule has 0 saturated heterocycles. The van der Waals surface area contributed by atoms with E-state index in [0.29, 0.717) is 17.7 Å². The van der Waals surface area contributed by atoms with Gasteiger partial charge in [0.1, 0.15) is 11.6 Å². The number of halogens is 2. The Kier molecular flexibility index (Phi) is 3.82. The number of aryl methyl sites for hydroxylation is 2. The summed E-state index contributed by atoms with van der Waals surface area (Å²) < 4.78 is 26.9. The molecule has 0 N–H and O–H groups in total. The van der Waals surface area contributed by atoms with E-state index in [0.717, 1.165) is 26.7 Å². The monoisotopic (exact) mass is 322 g/mol. The van der Waals surface area contributed by atoms with Gasteiger partial charge in [-0.05, 0) is 26.0 Å². The maximum Gasteiger partial charge on any atom is 0.135 e. The van der Waals surface area contributed by atoms with Gasteiger partial charge in [0.25, 0.3) is 0 Å². The summed E-state index contributed by atoms with van der Waals surface area (Å²) >= 11 is 3.12. The Hall–Kier alpha value is -1.66. The molecule has 21 heavy (non-hydrogen) atoms. The first kappa shape index (κ1) is 14.3. The Morgan fingerprint density at radius 3 is 2.62 bits per heavy atom. The molecule has 2 heterocycles. The van der Waals surface area contributed by atoms with Crippen LogP contribution >= 0.6 is 22.7 Å². The fourth-order valence-corrected chi connectivity index (χ4v) is 3.68. The van der Waals surface area contributed by atoms with Crippen LogP contribution in [0.1, 0.15) is 20.6 Å². The van der Waals surface area contributed by atoms with Gasteiger partial charge in [-0.1, -0.05) is 0 Å². The molecule has 2 nitrogen and oxygen atoms in total. The molecule has 0 amide bonds. The predicted molar refractivity (Wildman–Crippen MR) is 81.9 cm³/mol. The molecular formula is C15H12F2N2S2. The molecule has 0 radical (unpaired) electrons. The zero-order valence-electron chi connectivity index (χ0n) is 11.5. The minimum absolute atomic E-state index is 0.339. The van der Waals surface area contributed by atoms with Gasteiger partial charge in [-0.25, -0.2) is 18.7 Å². The highest BCUT2D eigenvalue weighted by atomic mass is 32.1. The van der Waals surface area contributed by atoms with Crippen LogP contribution in [-0.2, 0) is 6.42 Å². The molecular weight excluding hydrogens is 310 g/mol. The average Bonchev–Trinajstić information content (AvgIpc) is 2.97. The molecule has 0 aliphatic heterocycles. The Balaban J connectivity index is 1.94. The van der Waals surface area contributed by atoms with Crippen molar-refractivity contribution in [3.63, 3.8) is 0 Å². The van der Waals surface area contributed by atoms with E-state index in [1.165, 1.54) is 23.5 Å². The molecule has 0 bridgehead atoms. The highest BCUT2D eigenvalue weighted by molar-refractivity contribution is 7.12. The van der Waals surface area contributed by atoms with Crippen molar-refractivity contribution >= 4 is 22.7 Å². The molecule has 0 fully saturated rings. The summed E-state index contributed by atoms with van der Waals surface area (Å²) in [6, 6.07) is 3.57. The zero-order chi connectivity index (χ0) is 15.0. The number of aromatic nitrogens is 2. The normalized spacial score (nSPS) is 11.0. The largest absolute Gasteiger partial charge is 0.246 e. The Labute approximate surface area is 129 Å². The van der Waals surface area contributed by atoms with Crippen molar-refractivity contribution in [2.24, 2.45) is 0 Å². The summed E-state index contributed by atoms with van der Waals surface area (Å²) in [4.78, 5) is 9.82. The van der Waals surface area contributed by atoms with Gasteiger partial charge in [0.2, 0.25) is 0 Å². The molecule has 0 aliphatic rings. The maximum absolute atomic E-state index is 13.9. The number of nitrogens with zero attached hydrogens (tertiary/aromatic N) is 2. The van der Waals surface area contributed by atoms with Crippen LogP contribution in [0.4, 0.5) is 8.78 Å². The highest BCUT2D eigenvalue weighted by Crippen LogP contribution is 2.30. The van der Waals surface area contributed by atoms with Crippen molar-refractivity contribution in [3.8, 4) is 11.3 Å². The van der Waals surface area contributed by atoms with Crippen LogP contribution in [0.5, 0.6) is 0 Å². The lowest BCUT2D eigenvalue weighted by atomic mass is 10.1. The van der Waals surface area contributed by atoms with Gasteiger partial charge in [0, 0.05) is 28.3 Å². The third kappa shape index (κ3) is 3.01. The fraction of sp³-hybridized carbons (Fsp3) is 0.200. The van der Waals surface area contributed by atoms with E-state index in [1.54, 1.807) is 11.3 Å². The second kappa shape index (κ2) is 5.61. The van der Waals surface area contributed by atoms with Crippen molar-refractivity contribution < 1.29 is 8.78 Å². The lowest BCUT2D eigenvalue weighted by molar-refractivity contribution is 0.585. The molecule has 0 atom stereocenters. The van der Waals surface area contributed by atoms with Gasteiger partial charge in [-0.15, -0.1) is 22.7 Å². The quantitative estimate of drug-likeness (QED) is 0.695. The van der Waals surface area contributed by atoms with Crippen LogP contribution in [0.15, 0.2) is 23.6 Å². The van der Waals surface area contributed by atoms with Gasteiger partial charge >= 0.3 is 0 Å². The molecule has 3 aromatic rings. The summed E-state index contributed by atoms with van der Waals surface area (Å²) in [5.74, 6) is -1.17. The predicted octanol–water partition coefficient (Wildman–Crippen LogP) is 4.75. The molecule has 1 aromatic carbocycles. The smallest absolute Gasteiger partial charge is 0.135 e. The van der Waals surface area contributed by atoms with Crippen molar-refractivity contribution in [2.45, 2.75) is 20.3 Å². The van der Waals surface area contributed by atoms with E-state index >= 15 is 0 Å². The Morgan fingerprint density at radius 1 is 1.14 bits per heavy atom. The van der Waals surface area contributed by atoms with Crippen molar-refractivity contribution in [1.29, 1.82) is 0 Å². The number of hydrogen-bond acceptors (Lipinski definition) is 4. The molecule has 6 heteroatoms. The molecule has 3 rings (SSSR count). The number of rotatable bonds is 3. The number of benzene rings is 1. The average molecular weight is 322 g/mol. The Morgan fingerprint density at radius 2 is 1.95 bits per heavy atom. The van der Waals surface area contributed by atoms with Gasteiger partial charge < -0.3 is 0 Å². The van der Waals surface area contributed by atoms with E-state index < -0.39 is 11.6 Å². The fourth-order valence-electron chi connectivity index (χ4n) is 2.10. The van der Waals surface area contributed by atoms with E-state index in [1.807, 2.05) is 19.2 Å². The highest BCUT2D eigenvalue weighted by Gasteiger charge is 2.15. The molecule has 0 unspecified atom stereocenters. The van der Waals surface area contributed by atoms with Crippen LogP contribution in [0.25, 0.3) is 11.3 Å². The number of hydrogen-bond donors (Lipinski definition) is 0. The number of thiazole rings is 2. The summed E-state index contributed by atoms with van der Waals surface area (Å²) in [5, 5.41) is 3.91. The third-order valence-corrected chi connectivity index (χ3v) is 4.82. The summed E-state index contributed by atoms with van der Waals surface area (Å²) in [6.07, 6.45) is 0.638. The van der Waals surface area contributed by atoms with Gasteiger partial charge in [-0.3, -0.25) is 0 Å². The third-order valence-electron chi connectivity index (χ3n) is 3.03. The molecule has 0 aliphatic carbocycles. The van der Waals surface area contributed by atoms with E-state index in [2.05, 4.69) is 9.97 Å². The lowest BCUT2D eigenvalue weighted by Gasteiger charge is -2.00. The van der Waals surface area contributed by atoms with Crippen LogP contribution in [0, 0.1) is 25.5 Å². The molecule has 0 spiro atoms. The van der Waals surface area contributed by atoms with E-state index in [9.17, 15) is 8.78 Å². The summed E-state index contributed by atoms with van der Waals surface area (Å²) in [6.45, 7) is 3.85. The summed E-state index contributed by atoms with van der Waals surface area (Å²) in [5.41, 5.74) is 1.89. The Bertz CT molecular complexity index is 793. The van der Waals surface area contributed by atoms with Crippen LogP contribution in [0.2, 0.25) is 0 Å². The van der Waals surface area contributed by atoms with Gasteiger partial charge in [0.15, 0.2) is 0 Å².